The molecule has 526 valence electrons. The van der Waals surface area contributed by atoms with Crippen molar-refractivity contribution in [3.63, 3.8) is 0 Å². The Labute approximate surface area is 591 Å². The molecule has 10 aromatic heterocycles. The Morgan fingerprint density at radius 2 is 0.819 bits per heavy atom. The van der Waals surface area contributed by atoms with Crippen molar-refractivity contribution in [2.45, 2.75) is 20.8 Å². The molecular formula is C72H59F3N22O8. The topological polar surface area (TPSA) is 393 Å². The van der Waals surface area contributed by atoms with E-state index in [0.29, 0.717) is 78.7 Å². The molecule has 16 rings (SSSR count). The van der Waals surface area contributed by atoms with E-state index in [-0.39, 0.29) is 75.8 Å². The molecule has 0 radical (unpaired) electrons. The van der Waals surface area contributed by atoms with Crippen molar-refractivity contribution in [3.05, 3.63) is 216 Å². The highest BCUT2D eigenvalue weighted by molar-refractivity contribution is 6.03. The molecule has 1 aliphatic rings. The molecule has 0 saturated carbocycles. The lowest BCUT2D eigenvalue weighted by molar-refractivity contribution is 0.0952. The number of nitrogens with one attached hydrogen (secondary N) is 12. The molecule has 12 N–H and O–H groups in total. The number of benzene rings is 5. The van der Waals surface area contributed by atoms with Crippen LogP contribution in [0.5, 0.6) is 46.4 Å². The van der Waals surface area contributed by atoms with Crippen LogP contribution in [-0.4, -0.2) is 126 Å². The van der Waals surface area contributed by atoms with Gasteiger partial charge >= 0.3 is 0 Å². The maximum Gasteiger partial charge on any atom is 0.260 e. The second kappa shape index (κ2) is 29.3. The molecule has 33 heteroatoms. The molecule has 105 heavy (non-hydrogen) atoms. The number of ether oxygens (including phenoxy) is 5. The molecule has 0 fully saturated rings. The van der Waals surface area contributed by atoms with Crippen LogP contribution in [-0.2, 0) is 0 Å². The maximum atomic E-state index is 15.1. The van der Waals surface area contributed by atoms with Gasteiger partial charge in [0.05, 0.1) is 22.8 Å². The van der Waals surface area contributed by atoms with Crippen molar-refractivity contribution in [2.24, 2.45) is 0 Å². The van der Waals surface area contributed by atoms with Gasteiger partial charge in [0.25, 0.3) is 17.7 Å². The largest absolute Gasteiger partial charge is 0.454 e. The summed E-state index contributed by atoms with van der Waals surface area (Å²) in [6.45, 7) is 5.68. The Kier molecular flexibility index (Phi) is 18.8. The summed E-state index contributed by atoms with van der Waals surface area (Å²) in [7, 11) is 4.40. The molecule has 3 amide bonds. The molecule has 0 bridgehead atoms. The summed E-state index contributed by atoms with van der Waals surface area (Å²) < 4.78 is 73.4. The quantitative estimate of drug-likeness (QED) is 0.0380. The van der Waals surface area contributed by atoms with Crippen molar-refractivity contribution < 1.29 is 51.2 Å². The zero-order valence-electron chi connectivity index (χ0n) is 56.2. The fourth-order valence-electron chi connectivity index (χ4n) is 11.2. The van der Waals surface area contributed by atoms with Crippen LogP contribution in [0.3, 0.4) is 0 Å². The van der Waals surface area contributed by atoms with Crippen molar-refractivity contribution in [1.82, 2.24) is 96.4 Å². The summed E-state index contributed by atoms with van der Waals surface area (Å²) >= 11 is 0. The van der Waals surface area contributed by atoms with Gasteiger partial charge < -0.3 is 70.5 Å². The Balaban J connectivity index is 0.000000133. The van der Waals surface area contributed by atoms with E-state index in [9.17, 15) is 14.4 Å². The summed E-state index contributed by atoms with van der Waals surface area (Å²) in [6, 6.07) is 40.5. The first-order chi connectivity index (χ1) is 51.1. The molecule has 5 aromatic carbocycles. The van der Waals surface area contributed by atoms with Gasteiger partial charge in [-0.25, -0.2) is 43.1 Å². The monoisotopic (exact) mass is 1420 g/mol. The number of anilines is 6. The first-order valence-corrected chi connectivity index (χ1v) is 32.0. The van der Waals surface area contributed by atoms with Crippen LogP contribution in [0, 0.1) is 38.2 Å². The fourth-order valence-corrected chi connectivity index (χ4v) is 11.2. The van der Waals surface area contributed by atoms with E-state index in [2.05, 4.69) is 112 Å². The number of nitrogens with zero attached hydrogens (tertiary/aromatic N) is 10. The summed E-state index contributed by atoms with van der Waals surface area (Å²) in [6.07, 6.45) is 5.33. The predicted molar refractivity (Wildman–Crippen MR) is 381 cm³/mol. The van der Waals surface area contributed by atoms with Crippen LogP contribution in [0.4, 0.5) is 48.1 Å². The van der Waals surface area contributed by atoms with Crippen LogP contribution >= 0.6 is 0 Å². The molecular weight excluding hydrogens is 1360 g/mol. The third-order valence-corrected chi connectivity index (χ3v) is 16.1. The third-order valence-electron chi connectivity index (χ3n) is 16.1. The number of hydrogen-bond donors (Lipinski definition) is 12. The number of aromatic nitrogens is 16. The van der Waals surface area contributed by atoms with Gasteiger partial charge in [-0.1, -0.05) is 36.4 Å². The molecule has 11 heterocycles. The number of rotatable bonds is 18. The van der Waals surface area contributed by atoms with Gasteiger partial charge in [-0.3, -0.25) is 34.7 Å². The van der Waals surface area contributed by atoms with Gasteiger partial charge in [0, 0.05) is 101 Å². The number of hydrogen-bond acceptors (Lipinski definition) is 21. The average Bonchev–Trinajstić information content (AvgIpc) is 1.79. The standard InChI is InChI=1S/C25H20FN7O4.C24H20FN7O2.C23H19FN8O2/c1-12-7-14-15(30-12)4-6-18(22(14)26)37-25-21(24(34)27-2)23(28-10-29-25)31-20-9-16(32-33-20)13-3-5-17-19(8-13)36-11-35-17;1-13-10-15-16(29-13)8-9-18(21(15)25)34-24-20(23(33)26-2)22(27-12-28-24)30-19-11-17(31-32-19)14-6-4-3-5-7-14;1-12-9-13-14(29-12)6-7-17(20(13)24)34-23-19(22(33)25-2)21(27-11-28-23)30-18-10-16(31-32-18)15-5-3-4-8-26-15/h3-10,30H,11H2,1-2H3,(H,27,34)(H2,28,29,31,32,33);3-12,29H,1-2H3,(H,26,33)(H2,27,28,30,31,32);3-11,29H,1-2H3,(H,25,33)(H2,27,28,30,31,32). The third kappa shape index (κ3) is 14.3. The summed E-state index contributed by atoms with van der Waals surface area (Å²) in [5.41, 5.74) is 9.00. The van der Waals surface area contributed by atoms with E-state index in [1.165, 1.54) is 58.3 Å². The first-order valence-electron chi connectivity index (χ1n) is 32.0. The number of halogens is 3. The van der Waals surface area contributed by atoms with E-state index >= 15 is 13.2 Å². The SMILES string of the molecule is CNC(=O)c1c(Nc2cc(-c3ccc4c(c3)OCO4)[nH]n2)ncnc1Oc1ccc2[nH]c(C)cc2c1F.CNC(=O)c1c(Nc2cc(-c3ccccc3)[nH]n2)ncnc1Oc1ccc2[nH]c(C)cc2c1F.CNC(=O)c1c(Nc2cc(-c3ccccn3)[nH]n2)ncnc1Oc1ccc2[nH]c(C)cc2c1F. The van der Waals surface area contributed by atoms with E-state index in [4.69, 9.17) is 23.7 Å². The first kappa shape index (κ1) is 67.5. The van der Waals surface area contributed by atoms with Gasteiger partial charge in [0.1, 0.15) is 35.7 Å². The maximum absolute atomic E-state index is 15.1. The zero-order valence-corrected chi connectivity index (χ0v) is 56.2. The van der Waals surface area contributed by atoms with Gasteiger partial charge in [0.2, 0.25) is 24.4 Å². The molecule has 0 unspecified atom stereocenters. The van der Waals surface area contributed by atoms with Crippen molar-refractivity contribution >= 4 is 85.3 Å². The second-order valence-electron chi connectivity index (χ2n) is 23.1. The smallest absolute Gasteiger partial charge is 0.260 e. The van der Waals surface area contributed by atoms with Crippen LogP contribution in [0.1, 0.15) is 48.2 Å². The Morgan fingerprint density at radius 1 is 0.419 bits per heavy atom. The highest BCUT2D eigenvalue weighted by Crippen LogP contribution is 2.40. The number of fused-ring (bicyclic) bond motifs is 4. The molecule has 0 aliphatic carbocycles. The van der Waals surface area contributed by atoms with Gasteiger partial charge in [-0.05, 0) is 111 Å². The Bertz CT molecular complexity index is 5530. The van der Waals surface area contributed by atoms with Crippen molar-refractivity contribution in [3.8, 4) is 80.3 Å². The summed E-state index contributed by atoms with van der Waals surface area (Å²) in [5, 5.41) is 39.3. The highest BCUT2D eigenvalue weighted by Gasteiger charge is 2.28. The van der Waals surface area contributed by atoms with Crippen LogP contribution in [0.2, 0.25) is 0 Å². The number of aromatic amines is 6. The lowest BCUT2D eigenvalue weighted by Crippen LogP contribution is -2.21. The van der Waals surface area contributed by atoms with Crippen LogP contribution < -0.4 is 55.6 Å². The lowest BCUT2D eigenvalue weighted by Gasteiger charge is -2.13. The average molecular weight is 1420 g/mol. The number of pyridine rings is 1. The lowest BCUT2D eigenvalue weighted by atomic mass is 10.1. The van der Waals surface area contributed by atoms with Gasteiger partial charge in [0.15, 0.2) is 81.1 Å². The summed E-state index contributed by atoms with van der Waals surface area (Å²) in [5.74, 6) is -0.807. The van der Waals surface area contributed by atoms with E-state index in [0.717, 1.165) is 33.9 Å². The molecule has 1 aliphatic heterocycles. The fraction of sp³-hybridized carbons (Fsp3) is 0.0972. The number of H-pyrrole nitrogens is 6. The molecule has 0 atom stereocenters. The predicted octanol–water partition coefficient (Wildman–Crippen LogP) is 13.2. The van der Waals surface area contributed by atoms with Gasteiger partial charge in [-0.15, -0.1) is 0 Å². The number of amides is 3. The van der Waals surface area contributed by atoms with Crippen molar-refractivity contribution in [1.29, 1.82) is 0 Å². The van der Waals surface area contributed by atoms with Crippen LogP contribution in [0.25, 0.3) is 66.6 Å². The zero-order chi connectivity index (χ0) is 72.8. The van der Waals surface area contributed by atoms with Crippen LogP contribution in [0.15, 0.2) is 165 Å². The van der Waals surface area contributed by atoms with E-state index < -0.39 is 35.2 Å². The molecule has 15 aromatic rings. The summed E-state index contributed by atoms with van der Waals surface area (Å²) in [4.78, 5) is 76.6. The minimum Gasteiger partial charge on any atom is -0.454 e. The minimum atomic E-state index is -0.571. The normalized spacial score (nSPS) is 11.3. The Morgan fingerprint density at radius 3 is 1.24 bits per heavy atom. The van der Waals surface area contributed by atoms with Crippen molar-refractivity contribution in [2.75, 3.05) is 43.9 Å². The molecule has 30 nitrogen and oxygen atoms in total. The highest BCUT2D eigenvalue weighted by atomic mass is 19.1. The molecule has 0 spiro atoms. The number of carbonyl (C=O) groups excluding carboxylic acids is 3. The van der Waals surface area contributed by atoms with E-state index in [1.807, 2.05) is 87.5 Å². The number of aryl methyl sites for hydroxylation is 3. The molecule has 0 saturated heterocycles. The number of carbonyl (C=O) groups is 3. The van der Waals surface area contributed by atoms with Gasteiger partial charge in [-0.2, -0.15) is 15.3 Å². The van der Waals surface area contributed by atoms with E-state index in [1.54, 1.807) is 60.8 Å². The second-order valence-corrected chi connectivity index (χ2v) is 23.1. The Hall–Kier alpha value is -14.7. The minimum absolute atomic E-state index is 0.00266.